The van der Waals surface area contributed by atoms with Gasteiger partial charge in [-0.3, -0.25) is 0 Å². The summed E-state index contributed by atoms with van der Waals surface area (Å²) in [7, 11) is 0. The first-order chi connectivity index (χ1) is 9.17. The fourth-order valence-corrected chi connectivity index (χ4v) is 2.85. The number of ether oxygens (including phenoxy) is 1. The molecule has 0 saturated carbocycles. The average Bonchev–Trinajstić information content (AvgIpc) is 2.74. The van der Waals surface area contributed by atoms with Gasteiger partial charge in [0.25, 0.3) is 0 Å². The molecule has 0 spiro atoms. The Bertz CT molecular complexity index is 633. The number of hydrogen-bond donors (Lipinski definition) is 0. The summed E-state index contributed by atoms with van der Waals surface area (Å²) in [4.78, 5) is 12.0. The van der Waals surface area contributed by atoms with Gasteiger partial charge in [0.15, 0.2) is 5.60 Å². The number of halogens is 1. The summed E-state index contributed by atoms with van der Waals surface area (Å²) in [5.41, 5.74) is 2.66. The maximum Gasteiger partial charge on any atom is 0.339 e. The minimum atomic E-state index is -0.858. The van der Waals surface area contributed by atoms with Crippen molar-refractivity contribution in [3.8, 4) is 0 Å². The summed E-state index contributed by atoms with van der Waals surface area (Å²) in [5.74, 6) is -0.101. The highest BCUT2D eigenvalue weighted by atomic mass is 35.5. The molecule has 1 atom stereocenters. The van der Waals surface area contributed by atoms with Gasteiger partial charge < -0.3 is 4.74 Å². The zero-order valence-corrected chi connectivity index (χ0v) is 11.3. The van der Waals surface area contributed by atoms with Crippen molar-refractivity contribution >= 4 is 17.6 Å². The van der Waals surface area contributed by atoms with Crippen LogP contribution in [0, 0.1) is 6.92 Å². The molecular weight excluding hydrogens is 260 g/mol. The largest absolute Gasteiger partial charge is 0.444 e. The van der Waals surface area contributed by atoms with Crippen molar-refractivity contribution in [3.63, 3.8) is 0 Å². The van der Waals surface area contributed by atoms with Gasteiger partial charge in [0.05, 0.1) is 11.4 Å². The molecule has 0 unspecified atom stereocenters. The maximum absolute atomic E-state index is 12.0. The summed E-state index contributed by atoms with van der Waals surface area (Å²) >= 11 is 6.15. The van der Waals surface area contributed by atoms with E-state index in [0.717, 1.165) is 16.7 Å². The molecule has 0 bridgehead atoms. The quantitative estimate of drug-likeness (QED) is 0.616. The Hall–Kier alpha value is -1.80. The highest BCUT2D eigenvalue weighted by Crippen LogP contribution is 2.42. The number of hydrogen-bond acceptors (Lipinski definition) is 2. The zero-order valence-electron chi connectivity index (χ0n) is 10.5. The number of fused-ring (bicyclic) bond motifs is 1. The number of rotatable bonds is 2. The molecular formula is C16H13ClO2. The van der Waals surface area contributed by atoms with Crippen molar-refractivity contribution in [2.75, 3.05) is 5.88 Å². The smallest absolute Gasteiger partial charge is 0.339 e. The first kappa shape index (κ1) is 12.2. The molecule has 0 N–H and O–H groups in total. The molecule has 0 saturated heterocycles. The first-order valence-corrected chi connectivity index (χ1v) is 6.67. The van der Waals surface area contributed by atoms with Gasteiger partial charge in [-0.15, -0.1) is 11.6 Å². The van der Waals surface area contributed by atoms with Crippen molar-refractivity contribution in [2.45, 2.75) is 12.5 Å². The third-order valence-electron chi connectivity index (χ3n) is 3.56. The molecule has 19 heavy (non-hydrogen) atoms. The van der Waals surface area contributed by atoms with Gasteiger partial charge in [-0.05, 0) is 13.0 Å². The highest BCUT2D eigenvalue weighted by molar-refractivity contribution is 6.19. The molecule has 3 heteroatoms. The predicted molar refractivity (Wildman–Crippen MR) is 74.5 cm³/mol. The maximum atomic E-state index is 12.0. The number of carbonyl (C=O) groups is 1. The van der Waals surface area contributed by atoms with Crippen LogP contribution in [0.2, 0.25) is 0 Å². The third kappa shape index (κ3) is 1.75. The lowest BCUT2D eigenvalue weighted by molar-refractivity contribution is 0.0192. The van der Waals surface area contributed by atoms with Gasteiger partial charge in [0.1, 0.15) is 0 Å². The van der Waals surface area contributed by atoms with Crippen molar-refractivity contribution in [1.29, 1.82) is 0 Å². The van der Waals surface area contributed by atoms with E-state index in [4.69, 9.17) is 16.3 Å². The van der Waals surface area contributed by atoms with Crippen molar-refractivity contribution in [3.05, 3.63) is 70.8 Å². The molecule has 0 amide bonds. The lowest BCUT2D eigenvalue weighted by atomic mass is 9.87. The fraction of sp³-hybridized carbons (Fsp3) is 0.188. The van der Waals surface area contributed by atoms with E-state index in [-0.39, 0.29) is 11.8 Å². The summed E-state index contributed by atoms with van der Waals surface area (Å²) in [5, 5.41) is 0. The van der Waals surface area contributed by atoms with Gasteiger partial charge in [0, 0.05) is 11.1 Å². The lowest BCUT2D eigenvalue weighted by Gasteiger charge is -2.27. The van der Waals surface area contributed by atoms with E-state index in [1.807, 2.05) is 49.4 Å². The van der Waals surface area contributed by atoms with Crippen LogP contribution < -0.4 is 0 Å². The summed E-state index contributed by atoms with van der Waals surface area (Å²) in [6.45, 7) is 2.02. The standard InChI is InChI=1S/C16H13ClO2/c1-11-6-8-12(9-7-11)16(10-17)14-5-3-2-4-13(14)15(18)19-16/h2-9H,10H2,1H3/t16-/m0/s1. The fourth-order valence-electron chi connectivity index (χ4n) is 2.50. The third-order valence-corrected chi connectivity index (χ3v) is 3.93. The van der Waals surface area contributed by atoms with Crippen LogP contribution in [-0.4, -0.2) is 11.8 Å². The van der Waals surface area contributed by atoms with Crippen LogP contribution in [0.4, 0.5) is 0 Å². The van der Waals surface area contributed by atoms with Crippen LogP contribution in [-0.2, 0) is 10.3 Å². The van der Waals surface area contributed by atoms with Crippen LogP contribution in [0.1, 0.15) is 27.0 Å². The number of benzene rings is 2. The number of carbonyl (C=O) groups excluding carboxylic acids is 1. The first-order valence-electron chi connectivity index (χ1n) is 6.13. The Morgan fingerprint density at radius 2 is 1.79 bits per heavy atom. The van der Waals surface area contributed by atoms with Gasteiger partial charge in [-0.25, -0.2) is 4.79 Å². The summed E-state index contributed by atoms with van der Waals surface area (Å²) < 4.78 is 5.62. The predicted octanol–water partition coefficient (Wildman–Crippen LogP) is 3.65. The normalized spacial score (nSPS) is 21.1. The summed E-state index contributed by atoms with van der Waals surface area (Å²) in [6, 6.07) is 15.3. The van der Waals surface area contributed by atoms with Crippen molar-refractivity contribution < 1.29 is 9.53 Å². The molecule has 1 aliphatic heterocycles. The van der Waals surface area contributed by atoms with Crippen molar-refractivity contribution in [2.24, 2.45) is 0 Å². The molecule has 0 radical (unpaired) electrons. The Balaban J connectivity index is 2.21. The highest BCUT2D eigenvalue weighted by Gasteiger charge is 2.46. The molecule has 3 rings (SSSR count). The molecule has 1 heterocycles. The molecule has 2 nitrogen and oxygen atoms in total. The second-order valence-electron chi connectivity index (χ2n) is 4.76. The Kier molecular flexibility index (Phi) is 2.83. The molecule has 2 aromatic rings. The molecule has 0 aromatic heterocycles. The van der Waals surface area contributed by atoms with Crippen molar-refractivity contribution in [1.82, 2.24) is 0 Å². The SMILES string of the molecule is Cc1ccc([C@]2(CCl)OC(=O)c3ccccc32)cc1. The van der Waals surface area contributed by atoms with Gasteiger partial charge >= 0.3 is 5.97 Å². The zero-order chi connectivity index (χ0) is 13.5. The van der Waals surface area contributed by atoms with E-state index in [9.17, 15) is 4.79 Å². The second-order valence-corrected chi connectivity index (χ2v) is 5.03. The molecule has 2 aromatic carbocycles. The average molecular weight is 273 g/mol. The molecule has 96 valence electrons. The number of cyclic esters (lactones) is 1. The lowest BCUT2D eigenvalue weighted by Crippen LogP contribution is -2.29. The van der Waals surface area contributed by atoms with Crippen LogP contribution in [0.15, 0.2) is 48.5 Å². The number of alkyl halides is 1. The van der Waals surface area contributed by atoms with Crippen LogP contribution in [0.3, 0.4) is 0 Å². The van der Waals surface area contributed by atoms with Gasteiger partial charge in [0.2, 0.25) is 0 Å². The van der Waals surface area contributed by atoms with Crippen LogP contribution in [0.25, 0.3) is 0 Å². The minimum Gasteiger partial charge on any atom is -0.444 e. The Labute approximate surface area is 117 Å². The van der Waals surface area contributed by atoms with E-state index in [0.29, 0.717) is 5.56 Å². The van der Waals surface area contributed by atoms with E-state index in [1.165, 1.54) is 0 Å². The second kappa shape index (κ2) is 4.39. The number of aryl methyl sites for hydroxylation is 1. The monoisotopic (exact) mass is 272 g/mol. The van der Waals surface area contributed by atoms with E-state index < -0.39 is 5.60 Å². The number of esters is 1. The molecule has 1 aliphatic rings. The van der Waals surface area contributed by atoms with E-state index >= 15 is 0 Å². The van der Waals surface area contributed by atoms with Gasteiger partial charge in [-0.2, -0.15) is 0 Å². The molecule has 0 aliphatic carbocycles. The van der Waals surface area contributed by atoms with Crippen LogP contribution >= 0.6 is 11.6 Å². The summed E-state index contributed by atoms with van der Waals surface area (Å²) in [6.07, 6.45) is 0. The van der Waals surface area contributed by atoms with E-state index in [1.54, 1.807) is 6.07 Å². The van der Waals surface area contributed by atoms with Gasteiger partial charge in [-0.1, -0.05) is 48.0 Å². The van der Waals surface area contributed by atoms with Crippen LogP contribution in [0.5, 0.6) is 0 Å². The topological polar surface area (TPSA) is 26.3 Å². The van der Waals surface area contributed by atoms with E-state index in [2.05, 4.69) is 0 Å². The molecule has 0 fully saturated rings. The Morgan fingerprint density at radius 3 is 2.47 bits per heavy atom. The minimum absolute atomic E-state index is 0.207. The Morgan fingerprint density at radius 1 is 1.11 bits per heavy atom.